The molecule has 0 fully saturated rings. The lowest BCUT2D eigenvalue weighted by Crippen LogP contribution is -2.09. The van der Waals surface area contributed by atoms with E-state index in [4.69, 9.17) is 9.47 Å². The van der Waals surface area contributed by atoms with Crippen LogP contribution >= 0.6 is 15.9 Å². The van der Waals surface area contributed by atoms with Gasteiger partial charge in [0.15, 0.2) is 0 Å². The van der Waals surface area contributed by atoms with E-state index in [2.05, 4.69) is 28.1 Å². The number of ether oxygens (including phenoxy) is 2. The molecule has 4 heteroatoms. The minimum atomic E-state index is -0.394. The fourth-order valence-corrected chi connectivity index (χ4v) is 3.10. The summed E-state index contributed by atoms with van der Waals surface area (Å²) in [7, 11) is 0. The Bertz CT molecular complexity index is 936. The molecular weight excluding hydrogens is 404 g/mol. The number of hydrogen-bond donors (Lipinski definition) is 0. The predicted molar refractivity (Wildman–Crippen MR) is 111 cm³/mol. The summed E-state index contributed by atoms with van der Waals surface area (Å²) in [6.45, 7) is 4.58. The van der Waals surface area contributed by atoms with E-state index < -0.39 is 5.97 Å². The van der Waals surface area contributed by atoms with Crippen LogP contribution in [0, 0.1) is 13.8 Å². The summed E-state index contributed by atoms with van der Waals surface area (Å²) < 4.78 is 12.0. The maximum absolute atomic E-state index is 12.4. The third-order valence-electron chi connectivity index (χ3n) is 4.35. The Morgan fingerprint density at radius 2 is 1.70 bits per heavy atom. The number of benzene rings is 3. The molecule has 0 aliphatic carbocycles. The Kier molecular flexibility index (Phi) is 6.30. The highest BCUT2D eigenvalue weighted by molar-refractivity contribution is 9.10. The van der Waals surface area contributed by atoms with Crippen LogP contribution in [0.3, 0.4) is 0 Å². The average molecular weight is 425 g/mol. The molecule has 0 aromatic heterocycles. The number of aryl methyl sites for hydroxylation is 2. The molecule has 3 aromatic carbocycles. The zero-order valence-electron chi connectivity index (χ0n) is 15.4. The second-order valence-corrected chi connectivity index (χ2v) is 7.22. The molecule has 27 heavy (non-hydrogen) atoms. The number of carbonyl (C=O) groups excluding carboxylic acids is 1. The van der Waals surface area contributed by atoms with Gasteiger partial charge in [0.2, 0.25) is 0 Å². The topological polar surface area (TPSA) is 35.5 Å². The van der Waals surface area contributed by atoms with Gasteiger partial charge in [0.05, 0.1) is 16.6 Å². The summed E-state index contributed by atoms with van der Waals surface area (Å²) in [5, 5.41) is 0. The van der Waals surface area contributed by atoms with Crippen molar-refractivity contribution in [3.8, 4) is 11.5 Å². The van der Waals surface area contributed by atoms with Gasteiger partial charge < -0.3 is 9.47 Å². The van der Waals surface area contributed by atoms with Gasteiger partial charge in [-0.05, 0) is 76.8 Å². The third kappa shape index (κ3) is 5.20. The lowest BCUT2D eigenvalue weighted by Gasteiger charge is -2.10. The first-order valence-corrected chi connectivity index (χ1v) is 9.58. The van der Waals surface area contributed by atoms with Crippen LogP contribution in [0.2, 0.25) is 0 Å². The van der Waals surface area contributed by atoms with E-state index in [0.717, 1.165) is 22.0 Å². The normalized spacial score (nSPS) is 10.5. The SMILES string of the molecule is Cc1ccc(OC(=O)c2ccc(OCCc3ccccc3)c(Br)c2)cc1C. The molecule has 0 saturated heterocycles. The fourth-order valence-electron chi connectivity index (χ4n) is 2.61. The second-order valence-electron chi connectivity index (χ2n) is 6.36. The maximum atomic E-state index is 12.4. The zero-order valence-corrected chi connectivity index (χ0v) is 17.0. The molecule has 0 heterocycles. The van der Waals surface area contributed by atoms with E-state index in [1.807, 2.05) is 44.2 Å². The van der Waals surface area contributed by atoms with E-state index in [-0.39, 0.29) is 0 Å². The monoisotopic (exact) mass is 424 g/mol. The smallest absolute Gasteiger partial charge is 0.343 e. The van der Waals surface area contributed by atoms with Crippen LogP contribution in [-0.2, 0) is 6.42 Å². The molecule has 3 rings (SSSR count). The highest BCUT2D eigenvalue weighted by atomic mass is 79.9. The van der Waals surface area contributed by atoms with Crippen molar-refractivity contribution in [1.29, 1.82) is 0 Å². The van der Waals surface area contributed by atoms with Gasteiger partial charge in [-0.15, -0.1) is 0 Å². The van der Waals surface area contributed by atoms with Crippen molar-refractivity contribution in [3.05, 3.63) is 93.5 Å². The summed E-state index contributed by atoms with van der Waals surface area (Å²) in [4.78, 5) is 12.4. The van der Waals surface area contributed by atoms with Gasteiger partial charge in [-0.25, -0.2) is 4.79 Å². The van der Waals surface area contributed by atoms with Crippen LogP contribution in [0.5, 0.6) is 11.5 Å². The van der Waals surface area contributed by atoms with Crippen LogP contribution in [0.25, 0.3) is 0 Å². The number of halogens is 1. The summed E-state index contributed by atoms with van der Waals surface area (Å²) in [6.07, 6.45) is 0.823. The molecule has 0 amide bonds. The quantitative estimate of drug-likeness (QED) is 0.364. The molecule has 0 bridgehead atoms. The lowest BCUT2D eigenvalue weighted by molar-refractivity contribution is 0.0734. The summed E-state index contributed by atoms with van der Waals surface area (Å²) in [5.41, 5.74) is 3.94. The fraction of sp³-hybridized carbons (Fsp3) is 0.174. The standard InChI is InChI=1S/C23H21BrO3/c1-16-8-10-20(14-17(16)2)27-23(25)19-9-11-22(21(24)15-19)26-13-12-18-6-4-3-5-7-18/h3-11,14-15H,12-13H2,1-2H3. The molecule has 3 nitrogen and oxygen atoms in total. The zero-order chi connectivity index (χ0) is 19.2. The van der Waals surface area contributed by atoms with Crippen molar-refractivity contribution >= 4 is 21.9 Å². The molecule has 0 N–H and O–H groups in total. The van der Waals surface area contributed by atoms with Crippen LogP contribution in [0.1, 0.15) is 27.0 Å². The van der Waals surface area contributed by atoms with Crippen molar-refractivity contribution < 1.29 is 14.3 Å². The van der Waals surface area contributed by atoms with E-state index in [1.54, 1.807) is 24.3 Å². The Hall–Kier alpha value is -2.59. The first-order chi connectivity index (χ1) is 13.0. The van der Waals surface area contributed by atoms with Crippen molar-refractivity contribution in [1.82, 2.24) is 0 Å². The van der Waals surface area contributed by atoms with E-state index in [9.17, 15) is 4.79 Å². The lowest BCUT2D eigenvalue weighted by atomic mass is 10.1. The largest absolute Gasteiger partial charge is 0.492 e. The van der Waals surface area contributed by atoms with Gasteiger partial charge in [0.1, 0.15) is 11.5 Å². The minimum Gasteiger partial charge on any atom is -0.492 e. The Morgan fingerprint density at radius 1 is 0.926 bits per heavy atom. The van der Waals surface area contributed by atoms with E-state index >= 15 is 0 Å². The van der Waals surface area contributed by atoms with Gasteiger partial charge in [-0.2, -0.15) is 0 Å². The summed E-state index contributed by atoms with van der Waals surface area (Å²) in [5.74, 6) is 0.853. The number of esters is 1. The van der Waals surface area contributed by atoms with E-state index in [0.29, 0.717) is 23.7 Å². The van der Waals surface area contributed by atoms with Crippen LogP contribution in [-0.4, -0.2) is 12.6 Å². The molecule has 0 aliphatic heterocycles. The van der Waals surface area contributed by atoms with Crippen molar-refractivity contribution in [2.45, 2.75) is 20.3 Å². The maximum Gasteiger partial charge on any atom is 0.343 e. The molecule has 0 unspecified atom stereocenters. The van der Waals surface area contributed by atoms with E-state index in [1.165, 1.54) is 5.56 Å². The predicted octanol–water partition coefficient (Wildman–Crippen LogP) is 5.91. The van der Waals surface area contributed by atoms with Gasteiger partial charge in [-0.3, -0.25) is 0 Å². The number of hydrogen-bond acceptors (Lipinski definition) is 3. The molecule has 0 aliphatic rings. The highest BCUT2D eigenvalue weighted by Crippen LogP contribution is 2.27. The van der Waals surface area contributed by atoms with Gasteiger partial charge in [-0.1, -0.05) is 36.4 Å². The first kappa shape index (κ1) is 19.2. The number of rotatable bonds is 6. The molecular formula is C23H21BrO3. The summed E-state index contributed by atoms with van der Waals surface area (Å²) in [6, 6.07) is 21.0. The second kappa shape index (κ2) is 8.87. The average Bonchev–Trinajstić information content (AvgIpc) is 2.67. The molecule has 3 aromatic rings. The Balaban J connectivity index is 1.61. The number of carbonyl (C=O) groups is 1. The van der Waals surface area contributed by atoms with Crippen molar-refractivity contribution in [3.63, 3.8) is 0 Å². The molecule has 0 saturated carbocycles. The Labute approximate surface area is 168 Å². The molecule has 0 atom stereocenters. The Morgan fingerprint density at radius 3 is 2.41 bits per heavy atom. The molecule has 138 valence electrons. The van der Waals surface area contributed by atoms with Gasteiger partial charge in [0.25, 0.3) is 0 Å². The van der Waals surface area contributed by atoms with Crippen molar-refractivity contribution in [2.24, 2.45) is 0 Å². The van der Waals surface area contributed by atoms with Gasteiger partial charge >= 0.3 is 5.97 Å². The minimum absolute atomic E-state index is 0.394. The highest BCUT2D eigenvalue weighted by Gasteiger charge is 2.12. The van der Waals surface area contributed by atoms with Crippen LogP contribution in [0.15, 0.2) is 71.2 Å². The van der Waals surface area contributed by atoms with Crippen molar-refractivity contribution in [2.75, 3.05) is 6.61 Å². The molecule has 0 spiro atoms. The first-order valence-electron chi connectivity index (χ1n) is 8.78. The summed E-state index contributed by atoms with van der Waals surface area (Å²) >= 11 is 3.48. The van der Waals surface area contributed by atoms with Crippen LogP contribution in [0.4, 0.5) is 0 Å². The molecule has 0 radical (unpaired) electrons. The van der Waals surface area contributed by atoms with Gasteiger partial charge in [0, 0.05) is 6.42 Å². The third-order valence-corrected chi connectivity index (χ3v) is 4.97. The van der Waals surface area contributed by atoms with Crippen LogP contribution < -0.4 is 9.47 Å².